The van der Waals surface area contributed by atoms with Crippen LogP contribution >= 0.6 is 11.6 Å². The smallest absolute Gasteiger partial charge is 0.225 e. The monoisotopic (exact) mass is 433 g/mol. The van der Waals surface area contributed by atoms with Crippen LogP contribution in [-0.4, -0.2) is 47.0 Å². The van der Waals surface area contributed by atoms with Crippen molar-refractivity contribution in [2.75, 3.05) is 25.0 Å². The van der Waals surface area contributed by atoms with Crippen molar-refractivity contribution in [1.29, 1.82) is 5.26 Å². The van der Waals surface area contributed by atoms with E-state index in [0.717, 1.165) is 29.8 Å². The zero-order chi connectivity index (χ0) is 22.1. The molecule has 3 aromatic rings. The van der Waals surface area contributed by atoms with E-state index in [1.165, 1.54) is 0 Å². The molecule has 7 heteroatoms. The fourth-order valence-corrected chi connectivity index (χ4v) is 4.21. The summed E-state index contributed by atoms with van der Waals surface area (Å²) in [7, 11) is 1.87. The summed E-state index contributed by atoms with van der Waals surface area (Å²) in [4.78, 5) is 26.3. The minimum absolute atomic E-state index is 0.0393. The maximum absolute atomic E-state index is 12.5. The third-order valence-corrected chi connectivity index (χ3v) is 6.08. The Morgan fingerprint density at radius 3 is 2.61 bits per heavy atom. The Morgan fingerprint density at radius 1 is 1.23 bits per heavy atom. The van der Waals surface area contributed by atoms with Gasteiger partial charge in [-0.1, -0.05) is 37.6 Å². The minimum atomic E-state index is -0.0393. The zero-order valence-electron chi connectivity index (χ0n) is 17.8. The molecule has 6 nitrogen and oxygen atoms in total. The average Bonchev–Trinajstić information content (AvgIpc) is 3.27. The van der Waals surface area contributed by atoms with Gasteiger partial charge in [-0.2, -0.15) is 5.26 Å². The molecule has 1 fully saturated rings. The first kappa shape index (κ1) is 21.1. The second-order valence-electron chi connectivity index (χ2n) is 8.18. The molecule has 1 amide bonds. The van der Waals surface area contributed by atoms with E-state index in [9.17, 15) is 10.1 Å². The highest BCUT2D eigenvalue weighted by atomic mass is 35.5. The summed E-state index contributed by atoms with van der Waals surface area (Å²) in [6.07, 6.45) is 0.856. The van der Waals surface area contributed by atoms with Crippen LogP contribution in [0.3, 0.4) is 0 Å². The van der Waals surface area contributed by atoms with E-state index < -0.39 is 0 Å². The zero-order valence-corrected chi connectivity index (χ0v) is 18.6. The number of nitriles is 1. The van der Waals surface area contributed by atoms with Crippen LogP contribution in [-0.2, 0) is 4.79 Å². The molecule has 1 atom stereocenters. The lowest BCUT2D eigenvalue weighted by molar-refractivity contribution is -0.134. The van der Waals surface area contributed by atoms with Gasteiger partial charge in [0.2, 0.25) is 5.91 Å². The van der Waals surface area contributed by atoms with Crippen LogP contribution in [0.1, 0.15) is 25.8 Å². The SMILES string of the molecule is CC(C)C(=O)N(C)[C@H]1CCN(c2nc3ccccc3nc2-c2cc(C#N)ccc2Cl)C1. The quantitative estimate of drug-likeness (QED) is 0.605. The summed E-state index contributed by atoms with van der Waals surface area (Å²) in [6, 6.07) is 15.2. The number of fused-ring (bicyclic) bond motifs is 1. The molecular weight excluding hydrogens is 410 g/mol. The number of halogens is 1. The Balaban J connectivity index is 1.78. The first-order chi connectivity index (χ1) is 14.9. The summed E-state index contributed by atoms with van der Waals surface area (Å²) < 4.78 is 0. The van der Waals surface area contributed by atoms with Crippen molar-refractivity contribution in [2.45, 2.75) is 26.3 Å². The molecule has 2 aromatic carbocycles. The summed E-state index contributed by atoms with van der Waals surface area (Å²) in [6.45, 7) is 5.27. The van der Waals surface area contributed by atoms with E-state index in [0.29, 0.717) is 28.4 Å². The number of benzene rings is 2. The molecule has 0 N–H and O–H groups in total. The molecular formula is C24H24ClN5O. The second-order valence-corrected chi connectivity index (χ2v) is 8.59. The van der Waals surface area contributed by atoms with Gasteiger partial charge in [0, 0.05) is 31.6 Å². The third kappa shape index (κ3) is 4.06. The van der Waals surface area contributed by atoms with E-state index in [2.05, 4.69) is 11.0 Å². The lowest BCUT2D eigenvalue weighted by atomic mass is 10.1. The predicted octanol–water partition coefficient (Wildman–Crippen LogP) is 4.51. The summed E-state index contributed by atoms with van der Waals surface area (Å²) in [5.41, 5.74) is 3.41. The fourth-order valence-electron chi connectivity index (χ4n) is 4.01. The number of hydrogen-bond acceptors (Lipinski definition) is 5. The highest BCUT2D eigenvalue weighted by Gasteiger charge is 2.32. The van der Waals surface area contributed by atoms with Crippen molar-refractivity contribution in [3.8, 4) is 17.3 Å². The normalized spacial score (nSPS) is 16.0. The molecule has 4 rings (SSSR count). The molecule has 1 aliphatic rings. The lowest BCUT2D eigenvalue weighted by Crippen LogP contribution is -2.41. The van der Waals surface area contributed by atoms with Gasteiger partial charge in [0.15, 0.2) is 5.82 Å². The van der Waals surface area contributed by atoms with Gasteiger partial charge in [-0.25, -0.2) is 9.97 Å². The van der Waals surface area contributed by atoms with Gasteiger partial charge in [0.1, 0.15) is 5.69 Å². The van der Waals surface area contributed by atoms with Gasteiger partial charge in [-0.05, 0) is 36.8 Å². The number of nitrogens with zero attached hydrogens (tertiary/aromatic N) is 5. The standard InChI is InChI=1S/C24H24ClN5O/c1-15(2)24(31)29(3)17-10-11-30(14-17)23-22(18-12-16(13-26)8-9-19(18)25)27-20-6-4-5-7-21(20)28-23/h4-9,12,15,17H,10-11,14H2,1-3H3/t17-/m0/s1. The first-order valence-electron chi connectivity index (χ1n) is 10.4. The molecule has 2 heterocycles. The fraction of sp³-hybridized carbons (Fsp3) is 0.333. The van der Waals surface area contributed by atoms with Crippen LogP contribution in [0, 0.1) is 17.2 Å². The largest absolute Gasteiger partial charge is 0.353 e. The average molecular weight is 434 g/mol. The number of aromatic nitrogens is 2. The van der Waals surface area contributed by atoms with Crippen molar-refractivity contribution in [3.05, 3.63) is 53.1 Å². The molecule has 31 heavy (non-hydrogen) atoms. The van der Waals surface area contributed by atoms with E-state index >= 15 is 0 Å². The lowest BCUT2D eigenvalue weighted by Gasteiger charge is -2.27. The summed E-state index contributed by atoms with van der Waals surface area (Å²) in [5.74, 6) is 0.827. The number of hydrogen-bond donors (Lipinski definition) is 0. The maximum atomic E-state index is 12.5. The van der Waals surface area contributed by atoms with Gasteiger partial charge in [0.25, 0.3) is 0 Å². The van der Waals surface area contributed by atoms with E-state index in [-0.39, 0.29) is 17.9 Å². The van der Waals surface area contributed by atoms with Gasteiger partial charge in [-0.3, -0.25) is 4.79 Å². The maximum Gasteiger partial charge on any atom is 0.225 e. The molecule has 1 aromatic heterocycles. The van der Waals surface area contributed by atoms with Crippen molar-refractivity contribution in [1.82, 2.24) is 14.9 Å². The number of anilines is 1. The second kappa shape index (κ2) is 8.52. The first-order valence-corrected chi connectivity index (χ1v) is 10.7. The summed E-state index contributed by atoms with van der Waals surface area (Å²) >= 11 is 6.52. The van der Waals surface area contributed by atoms with Crippen LogP contribution in [0.5, 0.6) is 0 Å². The number of para-hydroxylation sites is 2. The topological polar surface area (TPSA) is 73.1 Å². The molecule has 0 spiro atoms. The van der Waals surface area contributed by atoms with Gasteiger partial charge in [0.05, 0.1) is 33.7 Å². The number of amides is 1. The van der Waals surface area contributed by atoms with Crippen molar-refractivity contribution in [3.63, 3.8) is 0 Å². The Morgan fingerprint density at radius 2 is 1.94 bits per heavy atom. The highest BCUT2D eigenvalue weighted by molar-refractivity contribution is 6.33. The number of rotatable bonds is 4. The van der Waals surface area contributed by atoms with Crippen LogP contribution in [0.15, 0.2) is 42.5 Å². The number of carbonyl (C=O) groups is 1. The molecule has 0 aliphatic carbocycles. The number of likely N-dealkylation sites (N-methyl/N-ethyl adjacent to an activating group) is 1. The van der Waals surface area contributed by atoms with Crippen molar-refractivity contribution >= 4 is 34.4 Å². The molecule has 1 saturated heterocycles. The summed E-state index contributed by atoms with van der Waals surface area (Å²) in [5, 5.41) is 9.89. The van der Waals surface area contributed by atoms with Gasteiger partial charge < -0.3 is 9.80 Å². The van der Waals surface area contributed by atoms with Crippen LogP contribution in [0.25, 0.3) is 22.3 Å². The van der Waals surface area contributed by atoms with E-state index in [1.807, 2.05) is 50.1 Å². The van der Waals surface area contributed by atoms with Gasteiger partial charge in [-0.15, -0.1) is 0 Å². The molecule has 0 unspecified atom stereocenters. The minimum Gasteiger partial charge on any atom is -0.353 e. The Bertz CT molecular complexity index is 1190. The molecule has 158 valence electrons. The predicted molar refractivity (Wildman–Crippen MR) is 123 cm³/mol. The molecule has 1 aliphatic heterocycles. The Hall–Kier alpha value is -3.17. The van der Waals surface area contributed by atoms with Crippen LogP contribution < -0.4 is 4.90 Å². The highest BCUT2D eigenvalue weighted by Crippen LogP contribution is 2.36. The third-order valence-electron chi connectivity index (χ3n) is 5.75. The van der Waals surface area contributed by atoms with Gasteiger partial charge >= 0.3 is 0 Å². The molecule has 0 bridgehead atoms. The van der Waals surface area contributed by atoms with Crippen molar-refractivity contribution < 1.29 is 4.79 Å². The van der Waals surface area contributed by atoms with E-state index in [4.69, 9.17) is 21.6 Å². The van der Waals surface area contributed by atoms with E-state index in [1.54, 1.807) is 18.2 Å². The van der Waals surface area contributed by atoms with Crippen molar-refractivity contribution in [2.24, 2.45) is 5.92 Å². The Kier molecular flexibility index (Phi) is 5.79. The molecule has 0 radical (unpaired) electrons. The van der Waals surface area contributed by atoms with Crippen LogP contribution in [0.2, 0.25) is 5.02 Å². The Labute approximate surface area is 187 Å². The number of carbonyl (C=O) groups excluding carboxylic acids is 1. The molecule has 0 saturated carbocycles. The van der Waals surface area contributed by atoms with Crippen LogP contribution in [0.4, 0.5) is 5.82 Å².